The number of hydrogen-bond donors (Lipinski definition) is 1. The first-order chi connectivity index (χ1) is 7.95. The maximum absolute atomic E-state index is 12.4. The SMILES string of the molecule is Nc1cnc(Oc2cccc(C(F)(F)F)c2)s1. The maximum atomic E-state index is 12.4. The lowest BCUT2D eigenvalue weighted by Crippen LogP contribution is -2.04. The average Bonchev–Trinajstić information content (AvgIpc) is 2.63. The molecule has 0 radical (unpaired) electrons. The molecule has 1 aromatic heterocycles. The summed E-state index contributed by atoms with van der Waals surface area (Å²) in [7, 11) is 0. The minimum Gasteiger partial charge on any atom is -0.431 e. The molecule has 0 spiro atoms. The third kappa shape index (κ3) is 2.88. The Hall–Kier alpha value is -1.76. The number of benzene rings is 1. The summed E-state index contributed by atoms with van der Waals surface area (Å²) in [5, 5.41) is 0.647. The van der Waals surface area contributed by atoms with Crippen LogP contribution in [0.4, 0.5) is 18.2 Å². The summed E-state index contributed by atoms with van der Waals surface area (Å²) in [4.78, 5) is 3.79. The molecule has 0 amide bonds. The fourth-order valence-electron chi connectivity index (χ4n) is 1.15. The lowest BCUT2D eigenvalue weighted by atomic mass is 10.2. The fourth-order valence-corrected chi connectivity index (χ4v) is 1.70. The van der Waals surface area contributed by atoms with Gasteiger partial charge in [-0.3, -0.25) is 0 Å². The Morgan fingerprint density at radius 3 is 2.65 bits per heavy atom. The van der Waals surface area contributed by atoms with Crippen molar-refractivity contribution in [2.24, 2.45) is 0 Å². The van der Waals surface area contributed by atoms with E-state index < -0.39 is 11.7 Å². The molecular formula is C10H7F3N2OS. The van der Waals surface area contributed by atoms with Gasteiger partial charge in [0.1, 0.15) is 10.8 Å². The molecule has 0 saturated heterocycles. The van der Waals surface area contributed by atoms with E-state index in [1.54, 1.807) is 0 Å². The van der Waals surface area contributed by atoms with Gasteiger partial charge in [-0.15, -0.1) is 0 Å². The predicted octanol–water partition coefficient (Wildman–Crippen LogP) is 3.54. The lowest BCUT2D eigenvalue weighted by molar-refractivity contribution is -0.137. The Balaban J connectivity index is 2.22. The summed E-state index contributed by atoms with van der Waals surface area (Å²) >= 11 is 1.06. The summed E-state index contributed by atoms with van der Waals surface area (Å²) in [5.74, 6) is 0.0779. The fraction of sp³-hybridized carbons (Fsp3) is 0.100. The predicted molar refractivity (Wildman–Crippen MR) is 58.0 cm³/mol. The van der Waals surface area contributed by atoms with E-state index in [1.807, 2.05) is 0 Å². The second kappa shape index (κ2) is 4.25. The van der Waals surface area contributed by atoms with Gasteiger partial charge in [-0.05, 0) is 18.2 Å². The highest BCUT2D eigenvalue weighted by atomic mass is 32.1. The van der Waals surface area contributed by atoms with Gasteiger partial charge < -0.3 is 10.5 Å². The third-order valence-corrected chi connectivity index (χ3v) is 2.57. The number of nitrogens with zero attached hydrogens (tertiary/aromatic N) is 1. The number of halogens is 3. The highest BCUT2D eigenvalue weighted by Gasteiger charge is 2.30. The molecule has 7 heteroatoms. The molecule has 0 aliphatic rings. The summed E-state index contributed by atoms with van der Waals surface area (Å²) in [6.07, 6.45) is -3.01. The van der Waals surface area contributed by atoms with Crippen LogP contribution in [0.1, 0.15) is 5.56 Å². The van der Waals surface area contributed by atoms with E-state index in [0.29, 0.717) is 5.00 Å². The van der Waals surface area contributed by atoms with Crippen LogP contribution < -0.4 is 10.5 Å². The van der Waals surface area contributed by atoms with Crippen molar-refractivity contribution in [1.82, 2.24) is 4.98 Å². The molecule has 0 bridgehead atoms. The smallest absolute Gasteiger partial charge is 0.416 e. The molecule has 0 aliphatic carbocycles. The first kappa shape index (κ1) is 11.7. The minimum atomic E-state index is -4.39. The zero-order valence-electron chi connectivity index (χ0n) is 8.36. The van der Waals surface area contributed by atoms with E-state index in [9.17, 15) is 13.2 Å². The Kier molecular flexibility index (Phi) is 2.93. The summed E-state index contributed by atoms with van der Waals surface area (Å²) in [5.41, 5.74) is 4.66. The standard InChI is InChI=1S/C10H7F3N2OS/c11-10(12,13)6-2-1-3-7(4-6)16-9-15-5-8(14)17-9/h1-5H,14H2. The van der Waals surface area contributed by atoms with Crippen molar-refractivity contribution < 1.29 is 17.9 Å². The van der Waals surface area contributed by atoms with Crippen LogP contribution in [0.2, 0.25) is 0 Å². The third-order valence-electron chi connectivity index (χ3n) is 1.87. The molecular weight excluding hydrogens is 253 g/mol. The zero-order chi connectivity index (χ0) is 12.5. The van der Waals surface area contributed by atoms with E-state index in [4.69, 9.17) is 10.5 Å². The Morgan fingerprint density at radius 2 is 2.06 bits per heavy atom. The summed E-state index contributed by atoms with van der Waals surface area (Å²) < 4.78 is 42.4. The highest BCUT2D eigenvalue weighted by Crippen LogP contribution is 2.33. The van der Waals surface area contributed by atoms with Crippen molar-refractivity contribution in [2.75, 3.05) is 5.73 Å². The van der Waals surface area contributed by atoms with E-state index >= 15 is 0 Å². The summed E-state index contributed by atoms with van der Waals surface area (Å²) in [6, 6.07) is 4.59. The van der Waals surface area contributed by atoms with Crippen LogP contribution in [0.5, 0.6) is 10.9 Å². The Bertz CT molecular complexity index is 524. The molecule has 2 aromatic rings. The Labute approximate surface area is 98.7 Å². The van der Waals surface area contributed by atoms with E-state index in [-0.39, 0.29) is 10.9 Å². The van der Waals surface area contributed by atoms with Crippen LogP contribution in [0.3, 0.4) is 0 Å². The molecule has 0 saturated carbocycles. The second-order valence-electron chi connectivity index (χ2n) is 3.16. The summed E-state index contributed by atoms with van der Waals surface area (Å²) in [6.45, 7) is 0. The number of anilines is 1. The molecule has 1 heterocycles. The quantitative estimate of drug-likeness (QED) is 0.898. The van der Waals surface area contributed by atoms with Crippen LogP contribution >= 0.6 is 11.3 Å². The van der Waals surface area contributed by atoms with Crippen LogP contribution in [0.25, 0.3) is 0 Å². The molecule has 0 unspecified atom stereocenters. The molecule has 0 fully saturated rings. The van der Waals surface area contributed by atoms with Crippen molar-refractivity contribution in [2.45, 2.75) is 6.18 Å². The number of ether oxygens (including phenoxy) is 1. The number of aromatic nitrogens is 1. The minimum absolute atomic E-state index is 0.0779. The number of nitrogen functional groups attached to an aromatic ring is 1. The maximum Gasteiger partial charge on any atom is 0.416 e. The number of alkyl halides is 3. The topological polar surface area (TPSA) is 48.1 Å². The molecule has 2 N–H and O–H groups in total. The first-order valence-corrected chi connectivity index (χ1v) is 5.33. The van der Waals surface area contributed by atoms with E-state index in [1.165, 1.54) is 18.3 Å². The molecule has 17 heavy (non-hydrogen) atoms. The van der Waals surface area contributed by atoms with Gasteiger partial charge in [-0.2, -0.15) is 13.2 Å². The average molecular weight is 260 g/mol. The monoisotopic (exact) mass is 260 g/mol. The van der Waals surface area contributed by atoms with Crippen molar-refractivity contribution in [3.8, 4) is 10.9 Å². The lowest BCUT2D eigenvalue weighted by Gasteiger charge is -2.08. The second-order valence-corrected chi connectivity index (χ2v) is 4.18. The van der Waals surface area contributed by atoms with Crippen LogP contribution in [0, 0.1) is 0 Å². The van der Waals surface area contributed by atoms with Gasteiger partial charge in [0.05, 0.1) is 11.8 Å². The molecule has 1 aromatic carbocycles. The molecule has 2 rings (SSSR count). The van der Waals surface area contributed by atoms with Crippen molar-refractivity contribution in [3.63, 3.8) is 0 Å². The first-order valence-electron chi connectivity index (χ1n) is 4.51. The van der Waals surface area contributed by atoms with Crippen molar-refractivity contribution in [1.29, 1.82) is 0 Å². The van der Waals surface area contributed by atoms with Gasteiger partial charge in [0.2, 0.25) is 0 Å². The van der Waals surface area contributed by atoms with Crippen LogP contribution in [-0.2, 0) is 6.18 Å². The van der Waals surface area contributed by atoms with Gasteiger partial charge in [0.25, 0.3) is 5.19 Å². The Morgan fingerprint density at radius 1 is 1.29 bits per heavy atom. The molecule has 90 valence electrons. The highest BCUT2D eigenvalue weighted by molar-refractivity contribution is 7.17. The van der Waals surface area contributed by atoms with Crippen LogP contribution in [0.15, 0.2) is 30.5 Å². The van der Waals surface area contributed by atoms with Gasteiger partial charge in [0, 0.05) is 0 Å². The normalized spacial score (nSPS) is 11.5. The molecule has 3 nitrogen and oxygen atoms in total. The van der Waals surface area contributed by atoms with Gasteiger partial charge >= 0.3 is 6.18 Å². The molecule has 0 atom stereocenters. The number of thiazole rings is 1. The number of nitrogens with two attached hydrogens (primary N) is 1. The van der Waals surface area contributed by atoms with Gasteiger partial charge in [-0.25, -0.2) is 4.98 Å². The van der Waals surface area contributed by atoms with E-state index in [0.717, 1.165) is 23.5 Å². The number of rotatable bonds is 2. The van der Waals surface area contributed by atoms with Gasteiger partial charge in [0.15, 0.2) is 0 Å². The largest absolute Gasteiger partial charge is 0.431 e. The van der Waals surface area contributed by atoms with Crippen LogP contribution in [-0.4, -0.2) is 4.98 Å². The number of hydrogen-bond acceptors (Lipinski definition) is 4. The zero-order valence-corrected chi connectivity index (χ0v) is 9.18. The van der Waals surface area contributed by atoms with E-state index in [2.05, 4.69) is 4.98 Å². The molecule has 0 aliphatic heterocycles. The van der Waals surface area contributed by atoms with Crippen molar-refractivity contribution >= 4 is 16.3 Å². The van der Waals surface area contributed by atoms with Gasteiger partial charge in [-0.1, -0.05) is 17.4 Å². The van der Waals surface area contributed by atoms with Crippen molar-refractivity contribution in [3.05, 3.63) is 36.0 Å².